The molecule has 0 unspecified atom stereocenters. The second kappa shape index (κ2) is 8.67. The van der Waals surface area contributed by atoms with Crippen LogP contribution in [-0.2, 0) is 19.6 Å². The fourth-order valence-corrected chi connectivity index (χ4v) is 4.19. The van der Waals surface area contributed by atoms with Crippen molar-refractivity contribution in [2.24, 2.45) is 0 Å². The number of carbonyl (C=O) groups excluding carboxylic acids is 1. The maximum Gasteiger partial charge on any atom is 0.248 e. The quantitative estimate of drug-likeness (QED) is 0.774. The first-order valence-electron chi connectivity index (χ1n) is 8.38. The van der Waals surface area contributed by atoms with Crippen molar-refractivity contribution in [2.75, 3.05) is 31.6 Å². The van der Waals surface area contributed by atoms with E-state index in [1.807, 2.05) is 0 Å². The van der Waals surface area contributed by atoms with Crippen LogP contribution in [0, 0.1) is 0 Å². The highest BCUT2D eigenvalue weighted by Crippen LogP contribution is 2.21. The number of anilines is 1. The molecule has 1 aliphatic heterocycles. The van der Waals surface area contributed by atoms with Crippen LogP contribution < -0.4 is 5.32 Å². The lowest BCUT2D eigenvalue weighted by molar-refractivity contribution is -0.111. The summed E-state index contributed by atoms with van der Waals surface area (Å²) in [4.78, 5) is 12.2. The molecule has 27 heavy (non-hydrogen) atoms. The molecule has 0 spiro atoms. The Bertz CT molecular complexity index is 936. The lowest BCUT2D eigenvalue weighted by Crippen LogP contribution is -2.40. The number of nitrogens with one attached hydrogen (secondary N) is 1. The van der Waals surface area contributed by atoms with Crippen molar-refractivity contribution in [3.63, 3.8) is 0 Å². The predicted octanol–water partition coefficient (Wildman–Crippen LogP) is 3.01. The molecule has 0 aliphatic carbocycles. The first-order chi connectivity index (χ1) is 13.0. The van der Waals surface area contributed by atoms with Gasteiger partial charge in [0.25, 0.3) is 0 Å². The number of amides is 1. The number of benzene rings is 2. The molecule has 8 heteroatoms. The monoisotopic (exact) mass is 406 g/mol. The van der Waals surface area contributed by atoms with Crippen LogP contribution in [0.2, 0.25) is 5.02 Å². The van der Waals surface area contributed by atoms with Crippen LogP contribution in [0.25, 0.3) is 6.08 Å². The maximum atomic E-state index is 12.6. The van der Waals surface area contributed by atoms with Crippen LogP contribution >= 0.6 is 11.6 Å². The Balaban J connectivity index is 1.65. The number of hydrogen-bond acceptors (Lipinski definition) is 4. The van der Waals surface area contributed by atoms with Crippen molar-refractivity contribution < 1.29 is 17.9 Å². The highest BCUT2D eigenvalue weighted by Gasteiger charge is 2.25. The number of sulfonamides is 1. The minimum atomic E-state index is -3.52. The predicted molar refractivity (Wildman–Crippen MR) is 105 cm³/mol. The summed E-state index contributed by atoms with van der Waals surface area (Å²) in [5, 5.41) is 3.14. The van der Waals surface area contributed by atoms with E-state index in [9.17, 15) is 13.2 Å². The zero-order valence-corrected chi connectivity index (χ0v) is 16.0. The third-order valence-electron chi connectivity index (χ3n) is 4.05. The van der Waals surface area contributed by atoms with Crippen LogP contribution in [0.4, 0.5) is 5.69 Å². The Morgan fingerprint density at radius 1 is 1.07 bits per heavy atom. The van der Waals surface area contributed by atoms with Gasteiger partial charge in [-0.2, -0.15) is 4.31 Å². The second-order valence-corrected chi connectivity index (χ2v) is 8.23. The molecule has 1 saturated heterocycles. The number of ether oxygens (including phenoxy) is 1. The third-order valence-corrected chi connectivity index (χ3v) is 6.29. The Hall–Kier alpha value is -2.19. The van der Waals surface area contributed by atoms with Crippen molar-refractivity contribution in [3.05, 3.63) is 65.2 Å². The van der Waals surface area contributed by atoms with E-state index in [0.29, 0.717) is 42.6 Å². The number of morpholine rings is 1. The van der Waals surface area contributed by atoms with Gasteiger partial charge in [0.05, 0.1) is 28.8 Å². The van der Waals surface area contributed by atoms with Crippen LogP contribution in [0.1, 0.15) is 5.56 Å². The van der Waals surface area contributed by atoms with E-state index in [1.165, 1.54) is 22.5 Å². The molecule has 0 atom stereocenters. The number of rotatable bonds is 5. The van der Waals surface area contributed by atoms with Gasteiger partial charge in [0.15, 0.2) is 0 Å². The third kappa shape index (κ3) is 4.95. The molecule has 3 rings (SSSR count). The van der Waals surface area contributed by atoms with Gasteiger partial charge in [-0.25, -0.2) is 8.42 Å². The standard InChI is InChI=1S/C19H19ClN2O4S/c20-17-3-1-2-4-18(17)21-19(23)10-7-15-5-8-16(9-6-15)27(24,25)22-11-13-26-14-12-22/h1-10H,11-14H2,(H,21,23)/b10-7+. The lowest BCUT2D eigenvalue weighted by atomic mass is 10.2. The molecule has 1 fully saturated rings. The molecule has 142 valence electrons. The topological polar surface area (TPSA) is 75.7 Å². The molecule has 0 saturated carbocycles. The largest absolute Gasteiger partial charge is 0.379 e. The van der Waals surface area contributed by atoms with Gasteiger partial charge >= 0.3 is 0 Å². The van der Waals surface area contributed by atoms with Gasteiger partial charge in [-0.1, -0.05) is 35.9 Å². The molecule has 1 N–H and O–H groups in total. The Labute approximate surface area is 163 Å². The van der Waals surface area contributed by atoms with Crippen LogP contribution in [0.15, 0.2) is 59.5 Å². The molecular weight excluding hydrogens is 388 g/mol. The van der Waals surface area contributed by atoms with Crippen LogP contribution in [0.3, 0.4) is 0 Å². The van der Waals surface area contributed by atoms with E-state index in [4.69, 9.17) is 16.3 Å². The zero-order valence-electron chi connectivity index (χ0n) is 14.5. The van der Waals surface area contributed by atoms with Crippen molar-refractivity contribution in [3.8, 4) is 0 Å². The van der Waals surface area contributed by atoms with E-state index >= 15 is 0 Å². The molecule has 1 aliphatic rings. The molecular formula is C19H19ClN2O4S. The normalized spacial score (nSPS) is 15.7. The summed E-state index contributed by atoms with van der Waals surface area (Å²) in [6.45, 7) is 1.51. The van der Waals surface area contributed by atoms with E-state index in [1.54, 1.807) is 42.5 Å². The van der Waals surface area contributed by atoms with Crippen molar-refractivity contribution >= 4 is 39.3 Å². The van der Waals surface area contributed by atoms with E-state index in [2.05, 4.69) is 5.32 Å². The van der Waals surface area contributed by atoms with Gasteiger partial charge < -0.3 is 10.1 Å². The highest BCUT2D eigenvalue weighted by atomic mass is 35.5. The van der Waals surface area contributed by atoms with E-state index in [-0.39, 0.29) is 10.8 Å². The SMILES string of the molecule is O=C(/C=C/c1ccc(S(=O)(=O)N2CCOCC2)cc1)Nc1ccccc1Cl. The minimum absolute atomic E-state index is 0.224. The molecule has 2 aromatic rings. The summed E-state index contributed by atoms with van der Waals surface area (Å²) < 4.78 is 31.8. The first kappa shape index (κ1) is 19.6. The summed E-state index contributed by atoms with van der Waals surface area (Å²) in [6, 6.07) is 13.3. The van der Waals surface area contributed by atoms with Crippen molar-refractivity contribution in [2.45, 2.75) is 4.90 Å². The van der Waals surface area contributed by atoms with Crippen molar-refractivity contribution in [1.82, 2.24) is 4.31 Å². The molecule has 0 radical (unpaired) electrons. The van der Waals surface area contributed by atoms with Gasteiger partial charge in [0.1, 0.15) is 0 Å². The summed E-state index contributed by atoms with van der Waals surface area (Å²) in [5.74, 6) is -0.326. The number of para-hydroxylation sites is 1. The fraction of sp³-hybridized carbons (Fsp3) is 0.211. The Morgan fingerprint density at radius 3 is 2.41 bits per heavy atom. The maximum absolute atomic E-state index is 12.6. The van der Waals surface area contributed by atoms with Gasteiger partial charge in [0.2, 0.25) is 15.9 Å². The van der Waals surface area contributed by atoms with Crippen molar-refractivity contribution in [1.29, 1.82) is 0 Å². The average molecular weight is 407 g/mol. The zero-order chi connectivity index (χ0) is 19.3. The fourth-order valence-electron chi connectivity index (χ4n) is 2.60. The van der Waals surface area contributed by atoms with E-state index in [0.717, 1.165) is 0 Å². The lowest BCUT2D eigenvalue weighted by Gasteiger charge is -2.26. The van der Waals surface area contributed by atoms with Gasteiger partial charge in [-0.15, -0.1) is 0 Å². The molecule has 0 bridgehead atoms. The first-order valence-corrected chi connectivity index (χ1v) is 10.2. The molecule has 0 aromatic heterocycles. The molecule has 6 nitrogen and oxygen atoms in total. The molecule has 1 heterocycles. The average Bonchev–Trinajstić information content (AvgIpc) is 2.69. The molecule has 2 aromatic carbocycles. The summed E-state index contributed by atoms with van der Waals surface area (Å²) >= 11 is 6.00. The number of nitrogens with zero attached hydrogens (tertiary/aromatic N) is 1. The highest BCUT2D eigenvalue weighted by molar-refractivity contribution is 7.89. The minimum Gasteiger partial charge on any atom is -0.379 e. The van der Waals surface area contributed by atoms with Crippen LogP contribution in [0.5, 0.6) is 0 Å². The summed E-state index contributed by atoms with van der Waals surface area (Å²) in [7, 11) is -3.52. The number of hydrogen-bond donors (Lipinski definition) is 1. The summed E-state index contributed by atoms with van der Waals surface area (Å²) in [6.07, 6.45) is 2.98. The van der Waals surface area contributed by atoms with Crippen LogP contribution in [-0.4, -0.2) is 44.9 Å². The Morgan fingerprint density at radius 2 is 1.74 bits per heavy atom. The van der Waals surface area contributed by atoms with E-state index < -0.39 is 10.0 Å². The van der Waals surface area contributed by atoms with Gasteiger partial charge in [0, 0.05) is 19.2 Å². The Kier molecular flexibility index (Phi) is 6.28. The van der Waals surface area contributed by atoms with Gasteiger partial charge in [-0.05, 0) is 35.9 Å². The molecule has 1 amide bonds. The summed E-state index contributed by atoms with van der Waals surface area (Å²) in [5.41, 5.74) is 1.24. The number of halogens is 1. The second-order valence-electron chi connectivity index (χ2n) is 5.89. The number of carbonyl (C=O) groups is 1. The van der Waals surface area contributed by atoms with Gasteiger partial charge in [-0.3, -0.25) is 4.79 Å². The smallest absolute Gasteiger partial charge is 0.248 e.